The number of benzene rings is 1. The average Bonchev–Trinajstić information content (AvgIpc) is 3.39. The van der Waals surface area contributed by atoms with Gasteiger partial charge in [-0.25, -0.2) is 9.37 Å². The van der Waals surface area contributed by atoms with E-state index in [4.69, 9.17) is 16.6 Å². The van der Waals surface area contributed by atoms with Crippen molar-refractivity contribution in [2.45, 2.75) is 25.2 Å². The quantitative estimate of drug-likeness (QED) is 0.497. The number of aryl methyl sites for hydroxylation is 2. The average molecular weight is 424 g/mol. The molecular formula is C22H19ClFN5O. The van der Waals surface area contributed by atoms with E-state index in [0.29, 0.717) is 27.4 Å². The summed E-state index contributed by atoms with van der Waals surface area (Å²) >= 11 is 5.94. The first kappa shape index (κ1) is 18.9. The first-order chi connectivity index (χ1) is 14.3. The smallest absolute Gasteiger partial charge is 0.261 e. The van der Waals surface area contributed by atoms with E-state index in [0.717, 1.165) is 17.7 Å². The molecule has 0 unspecified atom stereocenters. The number of rotatable bonds is 3. The molecule has 8 heteroatoms. The van der Waals surface area contributed by atoms with Crippen LogP contribution in [0, 0.1) is 12.7 Å². The second kappa shape index (κ2) is 6.74. The van der Waals surface area contributed by atoms with Crippen molar-refractivity contribution in [1.82, 2.24) is 24.3 Å². The third-order valence-electron chi connectivity index (χ3n) is 5.82. The fourth-order valence-corrected chi connectivity index (χ4v) is 4.14. The molecule has 1 saturated carbocycles. The zero-order valence-corrected chi connectivity index (χ0v) is 17.5. The Morgan fingerprint density at radius 1 is 1.17 bits per heavy atom. The summed E-state index contributed by atoms with van der Waals surface area (Å²) in [7, 11) is 3.57. The molecule has 5 rings (SSSR count). The highest BCUT2D eigenvalue weighted by Crippen LogP contribution is 2.54. The lowest BCUT2D eigenvalue weighted by Crippen LogP contribution is -2.21. The molecule has 6 nitrogen and oxygen atoms in total. The lowest BCUT2D eigenvalue weighted by atomic mass is 10.0. The molecule has 2 atom stereocenters. The molecule has 0 N–H and O–H groups in total. The molecule has 1 fully saturated rings. The predicted octanol–water partition coefficient (Wildman–Crippen LogP) is 4.10. The summed E-state index contributed by atoms with van der Waals surface area (Å²) in [4.78, 5) is 22.4. The van der Waals surface area contributed by atoms with Crippen LogP contribution in [-0.4, -0.2) is 24.3 Å². The minimum Gasteiger partial charge on any atom is -0.299 e. The minimum atomic E-state index is -0.492. The van der Waals surface area contributed by atoms with Crippen LogP contribution in [0.2, 0.25) is 5.02 Å². The van der Waals surface area contributed by atoms with Gasteiger partial charge in [0.2, 0.25) is 0 Å². The lowest BCUT2D eigenvalue weighted by Gasteiger charge is -2.12. The van der Waals surface area contributed by atoms with Gasteiger partial charge in [-0.15, -0.1) is 0 Å². The van der Waals surface area contributed by atoms with Crippen LogP contribution >= 0.6 is 11.6 Å². The van der Waals surface area contributed by atoms with Gasteiger partial charge in [0.05, 0.1) is 17.3 Å². The normalized spacial score (nSPS) is 18.2. The Labute approximate surface area is 177 Å². The molecule has 1 aromatic carbocycles. The van der Waals surface area contributed by atoms with E-state index in [-0.39, 0.29) is 23.0 Å². The maximum absolute atomic E-state index is 14.8. The molecule has 3 heterocycles. The Balaban J connectivity index is 1.73. The Hall–Kier alpha value is -3.06. The molecule has 1 aliphatic carbocycles. The maximum atomic E-state index is 14.8. The van der Waals surface area contributed by atoms with Crippen LogP contribution in [0.4, 0.5) is 4.39 Å². The van der Waals surface area contributed by atoms with Gasteiger partial charge in [0.15, 0.2) is 0 Å². The summed E-state index contributed by atoms with van der Waals surface area (Å²) in [5.41, 5.74) is 2.79. The van der Waals surface area contributed by atoms with Crippen LogP contribution in [0.25, 0.3) is 22.2 Å². The summed E-state index contributed by atoms with van der Waals surface area (Å²) in [6, 6.07) is 6.26. The Morgan fingerprint density at radius 3 is 2.67 bits per heavy atom. The van der Waals surface area contributed by atoms with Crippen LogP contribution in [0.1, 0.15) is 35.3 Å². The van der Waals surface area contributed by atoms with Crippen LogP contribution < -0.4 is 5.56 Å². The molecule has 152 valence electrons. The highest BCUT2D eigenvalue weighted by molar-refractivity contribution is 6.30. The topological polar surface area (TPSA) is 65.6 Å². The fourth-order valence-electron chi connectivity index (χ4n) is 3.98. The number of halogens is 2. The first-order valence-corrected chi connectivity index (χ1v) is 10.0. The predicted molar refractivity (Wildman–Crippen MR) is 113 cm³/mol. The lowest BCUT2D eigenvalue weighted by molar-refractivity contribution is 0.631. The van der Waals surface area contributed by atoms with Gasteiger partial charge in [0, 0.05) is 42.5 Å². The largest absolute Gasteiger partial charge is 0.299 e. The molecule has 0 aliphatic heterocycles. The molecular weight excluding hydrogens is 405 g/mol. The van der Waals surface area contributed by atoms with Crippen molar-refractivity contribution in [2.75, 3.05) is 0 Å². The van der Waals surface area contributed by atoms with E-state index in [1.807, 2.05) is 25.5 Å². The summed E-state index contributed by atoms with van der Waals surface area (Å²) in [5.74, 6) is 0.484. The van der Waals surface area contributed by atoms with E-state index < -0.39 is 5.82 Å². The second-order valence-electron chi connectivity index (χ2n) is 7.84. The molecule has 0 amide bonds. The Bertz CT molecular complexity index is 1380. The first-order valence-electron chi connectivity index (χ1n) is 9.65. The highest BCUT2D eigenvalue weighted by atomic mass is 35.5. The van der Waals surface area contributed by atoms with E-state index in [1.54, 1.807) is 30.8 Å². The van der Waals surface area contributed by atoms with Gasteiger partial charge in [0.1, 0.15) is 17.2 Å². The maximum Gasteiger partial charge on any atom is 0.261 e. The van der Waals surface area contributed by atoms with Crippen molar-refractivity contribution in [3.05, 3.63) is 74.9 Å². The summed E-state index contributed by atoms with van der Waals surface area (Å²) in [5, 5.41) is 4.99. The molecule has 0 bridgehead atoms. The summed E-state index contributed by atoms with van der Waals surface area (Å²) in [6.45, 7) is 1.75. The third-order valence-corrected chi connectivity index (χ3v) is 6.05. The Morgan fingerprint density at radius 2 is 1.97 bits per heavy atom. The van der Waals surface area contributed by atoms with Gasteiger partial charge in [-0.1, -0.05) is 11.6 Å². The number of nitrogens with zero attached hydrogens (tertiary/aromatic N) is 5. The van der Waals surface area contributed by atoms with Crippen molar-refractivity contribution in [1.29, 1.82) is 0 Å². The summed E-state index contributed by atoms with van der Waals surface area (Å²) in [6.07, 6.45) is 4.76. The zero-order valence-electron chi connectivity index (χ0n) is 16.7. The number of hydrogen-bond donors (Lipinski definition) is 0. The van der Waals surface area contributed by atoms with Gasteiger partial charge in [0.25, 0.3) is 5.56 Å². The molecule has 0 radical (unpaired) electrons. The zero-order chi connectivity index (χ0) is 21.2. The molecule has 0 saturated heterocycles. The Kier molecular flexibility index (Phi) is 4.25. The second-order valence-corrected chi connectivity index (χ2v) is 8.27. The number of pyridine rings is 1. The number of fused-ring (bicyclic) bond motifs is 1. The molecule has 3 aromatic heterocycles. The number of aromatic nitrogens is 5. The van der Waals surface area contributed by atoms with E-state index >= 15 is 0 Å². The minimum absolute atomic E-state index is 0.152. The van der Waals surface area contributed by atoms with Crippen molar-refractivity contribution in [3.8, 4) is 11.3 Å². The van der Waals surface area contributed by atoms with E-state index in [9.17, 15) is 9.18 Å². The van der Waals surface area contributed by atoms with Crippen LogP contribution in [0.3, 0.4) is 0 Å². The molecule has 4 aromatic rings. The van der Waals surface area contributed by atoms with E-state index in [1.165, 1.54) is 10.6 Å². The van der Waals surface area contributed by atoms with Gasteiger partial charge in [-0.05, 0) is 49.1 Å². The van der Waals surface area contributed by atoms with Gasteiger partial charge in [-0.2, -0.15) is 5.10 Å². The van der Waals surface area contributed by atoms with Gasteiger partial charge < -0.3 is 0 Å². The van der Waals surface area contributed by atoms with Gasteiger partial charge in [-0.3, -0.25) is 19.0 Å². The standard InChI is InChI=1S/C22H19ClFN5O/c1-11-26-21-17(22(30)29(11)3)8-19(16-7-15(16)12-9-25-28(2)10-12)27-20(21)14-5-4-13(23)6-18(14)24/h4-6,8-10,15-16H,7H2,1-3H3/t15-,16-/m1/s1. The van der Waals surface area contributed by atoms with Gasteiger partial charge >= 0.3 is 0 Å². The number of hydrogen-bond acceptors (Lipinski definition) is 4. The SMILES string of the molecule is Cc1nc2c(-c3ccc(Cl)cc3F)nc([C@@H]3C[C@@H]3c3cnn(C)c3)cc2c(=O)n1C. The van der Waals surface area contributed by atoms with Crippen molar-refractivity contribution < 1.29 is 4.39 Å². The highest BCUT2D eigenvalue weighted by Gasteiger charge is 2.42. The van der Waals surface area contributed by atoms with Crippen molar-refractivity contribution in [3.63, 3.8) is 0 Å². The molecule has 30 heavy (non-hydrogen) atoms. The monoisotopic (exact) mass is 423 g/mol. The molecule has 1 aliphatic rings. The fraction of sp³-hybridized carbons (Fsp3) is 0.273. The molecule has 0 spiro atoms. The third kappa shape index (κ3) is 3.01. The van der Waals surface area contributed by atoms with Crippen LogP contribution in [0.5, 0.6) is 0 Å². The van der Waals surface area contributed by atoms with Crippen LogP contribution in [0.15, 0.2) is 41.5 Å². The summed E-state index contributed by atoms with van der Waals surface area (Å²) < 4.78 is 18.1. The van der Waals surface area contributed by atoms with Crippen LogP contribution in [-0.2, 0) is 14.1 Å². The van der Waals surface area contributed by atoms with Crippen molar-refractivity contribution >= 4 is 22.5 Å². The van der Waals surface area contributed by atoms with E-state index in [2.05, 4.69) is 10.1 Å². The van der Waals surface area contributed by atoms with Crippen molar-refractivity contribution in [2.24, 2.45) is 14.1 Å².